The van der Waals surface area contributed by atoms with Gasteiger partial charge in [-0.2, -0.15) is 10.2 Å². The highest BCUT2D eigenvalue weighted by molar-refractivity contribution is 5.61. The number of nitrogens with zero attached hydrogens (tertiary/aromatic N) is 2. The van der Waals surface area contributed by atoms with Crippen molar-refractivity contribution in [2.24, 2.45) is 10.2 Å². The summed E-state index contributed by atoms with van der Waals surface area (Å²) in [4.78, 5) is 0. The summed E-state index contributed by atoms with van der Waals surface area (Å²) >= 11 is 0. The van der Waals surface area contributed by atoms with Crippen molar-refractivity contribution in [2.45, 2.75) is 27.7 Å². The SMILES string of the molecule is Cc1cc(N=Nc2cc(C)c(N)cc2C)c(C)cc1N. The van der Waals surface area contributed by atoms with E-state index in [-0.39, 0.29) is 0 Å². The molecule has 0 aliphatic heterocycles. The average Bonchev–Trinajstić information content (AvgIpc) is 2.37. The minimum absolute atomic E-state index is 0.779. The molecule has 0 aromatic heterocycles. The third kappa shape index (κ3) is 2.79. The lowest BCUT2D eigenvalue weighted by Crippen LogP contribution is -1.90. The molecule has 0 amide bonds. The summed E-state index contributed by atoms with van der Waals surface area (Å²) < 4.78 is 0. The number of nitrogen functional groups attached to an aromatic ring is 2. The van der Waals surface area contributed by atoms with Gasteiger partial charge in [-0.05, 0) is 74.2 Å². The van der Waals surface area contributed by atoms with Gasteiger partial charge in [-0.15, -0.1) is 0 Å². The Kier molecular flexibility index (Phi) is 3.74. The molecule has 4 N–H and O–H groups in total. The van der Waals surface area contributed by atoms with Crippen molar-refractivity contribution in [1.29, 1.82) is 0 Å². The molecule has 0 aliphatic carbocycles. The molecule has 4 nitrogen and oxygen atoms in total. The van der Waals surface area contributed by atoms with Crippen LogP contribution in [0.1, 0.15) is 22.3 Å². The van der Waals surface area contributed by atoms with E-state index in [1.165, 1.54) is 0 Å². The second-order valence-electron chi connectivity index (χ2n) is 5.19. The second kappa shape index (κ2) is 5.33. The van der Waals surface area contributed by atoms with Gasteiger partial charge in [0.1, 0.15) is 0 Å². The maximum absolute atomic E-state index is 5.87. The molecule has 2 aromatic carbocycles. The zero-order valence-electron chi connectivity index (χ0n) is 12.4. The van der Waals surface area contributed by atoms with E-state index in [0.29, 0.717) is 0 Å². The molecule has 4 heteroatoms. The number of hydrogen-bond donors (Lipinski definition) is 2. The highest BCUT2D eigenvalue weighted by Gasteiger charge is 2.04. The zero-order chi connectivity index (χ0) is 14.9. The first-order valence-electron chi connectivity index (χ1n) is 6.53. The summed E-state index contributed by atoms with van der Waals surface area (Å²) in [5.74, 6) is 0. The zero-order valence-corrected chi connectivity index (χ0v) is 12.4. The van der Waals surface area contributed by atoms with E-state index < -0.39 is 0 Å². The van der Waals surface area contributed by atoms with E-state index in [2.05, 4.69) is 10.2 Å². The smallest absolute Gasteiger partial charge is 0.0890 e. The van der Waals surface area contributed by atoms with Crippen molar-refractivity contribution in [2.75, 3.05) is 11.5 Å². The Morgan fingerprint density at radius 2 is 0.950 bits per heavy atom. The van der Waals surface area contributed by atoms with Gasteiger partial charge in [0.05, 0.1) is 11.4 Å². The van der Waals surface area contributed by atoms with Crippen molar-refractivity contribution in [3.8, 4) is 0 Å². The Morgan fingerprint density at radius 3 is 1.30 bits per heavy atom. The van der Waals surface area contributed by atoms with Crippen molar-refractivity contribution < 1.29 is 0 Å². The Bertz CT molecular complexity index is 628. The highest BCUT2D eigenvalue weighted by Crippen LogP contribution is 2.29. The third-order valence-corrected chi connectivity index (χ3v) is 3.43. The van der Waals surface area contributed by atoms with Crippen LogP contribution in [-0.4, -0.2) is 0 Å². The number of azo groups is 1. The molecule has 20 heavy (non-hydrogen) atoms. The minimum Gasteiger partial charge on any atom is -0.399 e. The molecule has 0 spiro atoms. The molecule has 0 unspecified atom stereocenters. The first-order valence-corrected chi connectivity index (χ1v) is 6.53. The molecule has 0 atom stereocenters. The molecular formula is C16H20N4. The predicted molar refractivity (Wildman–Crippen MR) is 84.8 cm³/mol. The van der Waals surface area contributed by atoms with Gasteiger partial charge in [-0.1, -0.05) is 0 Å². The largest absolute Gasteiger partial charge is 0.399 e. The standard InChI is InChI=1S/C16H20N4/c1-9-7-15(11(3)5-13(9)17)19-20-16-8-10(2)14(18)6-12(16)4/h5-8H,17-18H2,1-4H3. The van der Waals surface area contributed by atoms with Crippen LogP contribution in [-0.2, 0) is 0 Å². The van der Waals surface area contributed by atoms with E-state index >= 15 is 0 Å². The van der Waals surface area contributed by atoms with Gasteiger partial charge in [-0.25, -0.2) is 0 Å². The van der Waals surface area contributed by atoms with E-state index in [0.717, 1.165) is 45.0 Å². The minimum atomic E-state index is 0.779. The quantitative estimate of drug-likeness (QED) is 0.621. The number of rotatable bonds is 2. The number of anilines is 2. The molecule has 0 saturated carbocycles. The van der Waals surface area contributed by atoms with Gasteiger partial charge >= 0.3 is 0 Å². The van der Waals surface area contributed by atoms with E-state index in [1.807, 2.05) is 52.0 Å². The lowest BCUT2D eigenvalue weighted by atomic mass is 10.1. The van der Waals surface area contributed by atoms with E-state index in [4.69, 9.17) is 11.5 Å². The summed E-state index contributed by atoms with van der Waals surface area (Å²) in [6, 6.07) is 7.75. The lowest BCUT2D eigenvalue weighted by Gasteiger charge is -2.06. The first-order chi connectivity index (χ1) is 9.38. The normalized spacial score (nSPS) is 11.2. The van der Waals surface area contributed by atoms with Crippen molar-refractivity contribution in [1.82, 2.24) is 0 Å². The maximum Gasteiger partial charge on any atom is 0.0890 e. The fraction of sp³-hybridized carbons (Fsp3) is 0.250. The number of benzene rings is 2. The molecule has 0 aliphatic rings. The van der Waals surface area contributed by atoms with Crippen molar-refractivity contribution >= 4 is 22.7 Å². The average molecular weight is 268 g/mol. The van der Waals surface area contributed by atoms with Crippen LogP contribution in [0.3, 0.4) is 0 Å². The summed E-state index contributed by atoms with van der Waals surface area (Å²) in [5.41, 5.74) is 19.0. The number of hydrogen-bond acceptors (Lipinski definition) is 4. The van der Waals surface area contributed by atoms with Gasteiger partial charge in [0.15, 0.2) is 0 Å². The maximum atomic E-state index is 5.87. The van der Waals surface area contributed by atoms with Gasteiger partial charge in [-0.3, -0.25) is 0 Å². The summed E-state index contributed by atoms with van der Waals surface area (Å²) in [6.45, 7) is 7.88. The van der Waals surface area contributed by atoms with Gasteiger partial charge in [0, 0.05) is 11.4 Å². The molecular weight excluding hydrogens is 248 g/mol. The van der Waals surface area contributed by atoms with Crippen molar-refractivity contribution in [3.63, 3.8) is 0 Å². The highest BCUT2D eigenvalue weighted by atomic mass is 15.1. The van der Waals surface area contributed by atoms with Gasteiger partial charge in [0.25, 0.3) is 0 Å². The Labute approximate surface area is 119 Å². The topological polar surface area (TPSA) is 76.8 Å². The predicted octanol–water partition coefficient (Wildman–Crippen LogP) is 4.50. The molecule has 0 bridgehead atoms. The summed E-state index contributed by atoms with van der Waals surface area (Å²) in [6.07, 6.45) is 0. The monoisotopic (exact) mass is 268 g/mol. The van der Waals surface area contributed by atoms with Crippen LogP contribution in [0, 0.1) is 27.7 Å². The second-order valence-corrected chi connectivity index (χ2v) is 5.19. The third-order valence-electron chi connectivity index (χ3n) is 3.43. The molecule has 0 radical (unpaired) electrons. The van der Waals surface area contributed by atoms with Gasteiger partial charge in [0.2, 0.25) is 0 Å². The number of nitrogens with two attached hydrogens (primary N) is 2. The Balaban J connectivity index is 2.39. The summed E-state index contributed by atoms with van der Waals surface area (Å²) in [5, 5.41) is 8.68. The van der Waals surface area contributed by atoms with Crippen LogP contribution in [0.4, 0.5) is 22.7 Å². The molecule has 0 heterocycles. The van der Waals surface area contributed by atoms with E-state index in [9.17, 15) is 0 Å². The fourth-order valence-electron chi connectivity index (χ4n) is 1.97. The fourth-order valence-corrected chi connectivity index (χ4v) is 1.97. The number of aryl methyl sites for hydroxylation is 4. The Hall–Kier alpha value is -2.36. The lowest BCUT2D eigenvalue weighted by molar-refractivity contribution is 1.18. The van der Waals surface area contributed by atoms with Crippen LogP contribution in [0.15, 0.2) is 34.5 Å². The molecule has 0 fully saturated rings. The Morgan fingerprint density at radius 1 is 0.600 bits per heavy atom. The molecule has 2 rings (SSSR count). The molecule has 0 saturated heterocycles. The molecule has 2 aromatic rings. The first kappa shape index (κ1) is 14.1. The van der Waals surface area contributed by atoms with Gasteiger partial charge < -0.3 is 11.5 Å². The van der Waals surface area contributed by atoms with Crippen LogP contribution in [0.5, 0.6) is 0 Å². The van der Waals surface area contributed by atoms with Crippen LogP contribution >= 0.6 is 0 Å². The van der Waals surface area contributed by atoms with E-state index in [1.54, 1.807) is 0 Å². The van der Waals surface area contributed by atoms with Crippen molar-refractivity contribution in [3.05, 3.63) is 46.5 Å². The molecule has 104 valence electrons. The summed E-state index contributed by atoms with van der Waals surface area (Å²) in [7, 11) is 0. The van der Waals surface area contributed by atoms with Crippen LogP contribution in [0.25, 0.3) is 0 Å². The van der Waals surface area contributed by atoms with Crippen LogP contribution in [0.2, 0.25) is 0 Å². The van der Waals surface area contributed by atoms with Crippen LogP contribution < -0.4 is 11.5 Å².